The van der Waals surface area contributed by atoms with E-state index in [1.165, 1.54) is 0 Å². The number of phenols is 1. The zero-order valence-electron chi connectivity index (χ0n) is 10.8. The lowest BCUT2D eigenvalue weighted by atomic mass is 10.1. The van der Waals surface area contributed by atoms with Gasteiger partial charge in [0.25, 0.3) is 0 Å². The Hall–Kier alpha value is -2.08. The van der Waals surface area contributed by atoms with Gasteiger partial charge in [0.05, 0.1) is 0 Å². The Morgan fingerprint density at radius 2 is 1.65 bits per heavy atom. The van der Waals surface area contributed by atoms with Crippen molar-refractivity contribution in [3.05, 3.63) is 41.4 Å². The highest BCUT2D eigenvalue weighted by molar-refractivity contribution is 5.90. The normalized spacial score (nSPS) is 8.18. The minimum absolute atomic E-state index is 0.197. The summed E-state index contributed by atoms with van der Waals surface area (Å²) in [7, 11) is 0. The fourth-order valence-corrected chi connectivity index (χ4v) is 1.31. The molecule has 3 nitrogen and oxygen atoms in total. The van der Waals surface area contributed by atoms with Crippen LogP contribution in [0.1, 0.15) is 27.7 Å². The molecule has 0 atom stereocenters. The topological polar surface area (TPSA) is 48.4 Å². The molecule has 0 heterocycles. The Morgan fingerprint density at radius 3 is 2.24 bits per heavy atom. The largest absolute Gasteiger partial charge is 0.507 e. The van der Waals surface area contributed by atoms with Gasteiger partial charge in [-0.1, -0.05) is 39.8 Å². The second-order valence-electron chi connectivity index (χ2n) is 2.78. The van der Waals surface area contributed by atoms with Gasteiger partial charge in [0.1, 0.15) is 5.75 Å². The second kappa shape index (κ2) is 8.12. The summed E-state index contributed by atoms with van der Waals surface area (Å²) in [5, 5.41) is 19.6. The number of aromatic hydroxyl groups is 1. The highest BCUT2D eigenvalue weighted by atomic mass is 16.3. The molecule has 0 aliphatic carbocycles. The average molecular weight is 231 g/mol. The van der Waals surface area contributed by atoms with E-state index in [-0.39, 0.29) is 5.75 Å². The lowest BCUT2D eigenvalue weighted by Gasteiger charge is -1.96. The first-order chi connectivity index (χ1) is 8.31. The molecular weight excluding hydrogens is 212 g/mol. The van der Waals surface area contributed by atoms with Crippen LogP contribution in [0.2, 0.25) is 0 Å². The molecule has 0 spiro atoms. The smallest absolute Gasteiger partial charge is 0.385 e. The first kappa shape index (κ1) is 14.9. The van der Waals surface area contributed by atoms with Crippen LogP contribution in [0.3, 0.4) is 0 Å². The van der Waals surface area contributed by atoms with Crippen LogP contribution in [0, 0.1) is 5.39 Å². The summed E-state index contributed by atoms with van der Waals surface area (Å²) in [5.74, 6) is 0.197. The van der Waals surface area contributed by atoms with Crippen molar-refractivity contribution in [1.82, 2.24) is 0 Å². The third-order valence-corrected chi connectivity index (χ3v) is 1.96. The van der Waals surface area contributed by atoms with E-state index >= 15 is 0 Å². The summed E-state index contributed by atoms with van der Waals surface area (Å²) < 4.78 is 0. The van der Waals surface area contributed by atoms with Gasteiger partial charge >= 0.3 is 5.69 Å². The van der Waals surface area contributed by atoms with Crippen molar-refractivity contribution < 1.29 is 5.11 Å². The maximum atomic E-state index is 9.47. The van der Waals surface area contributed by atoms with E-state index < -0.39 is 0 Å². The minimum Gasteiger partial charge on any atom is -0.507 e. The predicted molar refractivity (Wildman–Crippen MR) is 73.1 cm³/mol. The molecule has 0 saturated carbocycles. The Labute approximate surface area is 102 Å². The number of rotatable bonds is 0. The number of benzene rings is 2. The Kier molecular flexibility index (Phi) is 7.12. The molecule has 0 radical (unpaired) electrons. The Morgan fingerprint density at radius 1 is 1.00 bits per heavy atom. The van der Waals surface area contributed by atoms with E-state index in [1.807, 2.05) is 33.8 Å². The van der Waals surface area contributed by atoms with E-state index in [0.29, 0.717) is 11.1 Å². The van der Waals surface area contributed by atoms with Crippen molar-refractivity contribution in [1.29, 1.82) is 5.39 Å². The van der Waals surface area contributed by atoms with Crippen LogP contribution >= 0.6 is 0 Å². The maximum Gasteiger partial charge on any atom is 0.385 e. The molecule has 0 fully saturated rings. The van der Waals surface area contributed by atoms with Crippen molar-refractivity contribution >= 4 is 16.5 Å². The number of phenolic OH excluding ortho intramolecular Hbond substituents is 1. The second-order valence-corrected chi connectivity index (χ2v) is 2.78. The van der Waals surface area contributed by atoms with E-state index in [2.05, 4.69) is 4.98 Å². The molecule has 0 amide bonds. The molecule has 2 aromatic rings. The summed E-state index contributed by atoms with van der Waals surface area (Å²) >= 11 is 0. The lowest BCUT2D eigenvalue weighted by molar-refractivity contribution is 0.481. The number of hydrogen-bond acceptors (Lipinski definition) is 2. The summed E-state index contributed by atoms with van der Waals surface area (Å²) in [4.78, 5) is 3.05. The van der Waals surface area contributed by atoms with Gasteiger partial charge in [0.2, 0.25) is 5.39 Å². The first-order valence-corrected chi connectivity index (χ1v) is 5.88. The van der Waals surface area contributed by atoms with Gasteiger partial charge in [-0.25, -0.2) is 0 Å². The van der Waals surface area contributed by atoms with E-state index in [9.17, 15) is 5.11 Å². The van der Waals surface area contributed by atoms with Gasteiger partial charge in [0, 0.05) is 17.5 Å². The summed E-state index contributed by atoms with van der Waals surface area (Å²) in [6, 6.07) is 10.4. The van der Waals surface area contributed by atoms with Crippen LogP contribution < -0.4 is 0 Å². The molecule has 17 heavy (non-hydrogen) atoms. The van der Waals surface area contributed by atoms with Crippen LogP contribution in [-0.4, -0.2) is 5.11 Å². The molecule has 2 aromatic carbocycles. The maximum absolute atomic E-state index is 9.47. The highest BCUT2D eigenvalue weighted by Crippen LogP contribution is 2.27. The number of diazo groups is 1. The van der Waals surface area contributed by atoms with E-state index in [0.717, 1.165) is 5.39 Å². The van der Waals surface area contributed by atoms with Gasteiger partial charge < -0.3 is 5.11 Å². The molecule has 0 aliphatic heterocycles. The molecule has 3 heteroatoms. The minimum atomic E-state index is 0.197. The number of hydrogen-bond donors (Lipinski definition) is 1. The van der Waals surface area contributed by atoms with Crippen molar-refractivity contribution in [3.63, 3.8) is 0 Å². The molecule has 0 unspecified atom stereocenters. The van der Waals surface area contributed by atoms with E-state index in [1.54, 1.807) is 30.3 Å². The molecule has 2 rings (SSSR count). The van der Waals surface area contributed by atoms with Gasteiger partial charge in [-0.05, 0) is 17.5 Å². The van der Waals surface area contributed by atoms with E-state index in [4.69, 9.17) is 5.39 Å². The quantitative estimate of drug-likeness (QED) is 0.642. The molecule has 90 valence electrons. The average Bonchev–Trinajstić information content (AvgIpc) is 2.43. The van der Waals surface area contributed by atoms with Crippen LogP contribution in [-0.2, 0) is 0 Å². The van der Waals surface area contributed by atoms with Crippen LogP contribution in [0.25, 0.3) is 15.7 Å². The fraction of sp³-hybridized carbons (Fsp3) is 0.286. The van der Waals surface area contributed by atoms with Crippen molar-refractivity contribution in [3.8, 4) is 5.75 Å². The van der Waals surface area contributed by atoms with Gasteiger partial charge in [0.15, 0.2) is 4.98 Å². The Balaban J connectivity index is 0.000000581. The summed E-state index contributed by atoms with van der Waals surface area (Å²) in [5.41, 5.74) is 0.439. The zero-order valence-corrected chi connectivity index (χ0v) is 10.8. The van der Waals surface area contributed by atoms with Crippen LogP contribution in [0.15, 0.2) is 36.4 Å². The third-order valence-electron chi connectivity index (χ3n) is 1.96. The SMILES string of the molecule is CC.CC.N#[N+]c1ccc2cccc(O)c2c1. The number of nitrogens with zero attached hydrogens (tertiary/aromatic N) is 2. The first-order valence-electron chi connectivity index (χ1n) is 5.88. The third kappa shape index (κ3) is 3.76. The monoisotopic (exact) mass is 231 g/mol. The highest BCUT2D eigenvalue weighted by Gasteiger charge is 2.06. The molecule has 1 N–H and O–H groups in total. The summed E-state index contributed by atoms with van der Waals surface area (Å²) in [6.45, 7) is 8.00. The lowest BCUT2D eigenvalue weighted by Crippen LogP contribution is -1.72. The molecular formula is C14H19N2O+. The van der Waals surface area contributed by atoms with Gasteiger partial charge in [-0.2, -0.15) is 0 Å². The molecule has 0 aliphatic rings. The molecule has 0 saturated heterocycles. The summed E-state index contributed by atoms with van der Waals surface area (Å²) in [6.07, 6.45) is 0. The standard InChI is InChI=1S/C10H6N2O.2C2H6/c11-12-8-5-4-7-2-1-3-10(13)9(7)6-8;2*1-2/h1-6H;2*1-2H3/p+1. The fourth-order valence-electron chi connectivity index (χ4n) is 1.31. The predicted octanol–water partition coefficient (Wildman–Crippen LogP) is 5.08. The zero-order chi connectivity index (χ0) is 13.3. The molecule has 0 aromatic heterocycles. The number of fused-ring (bicyclic) bond motifs is 1. The van der Waals surface area contributed by atoms with Crippen molar-refractivity contribution in [2.45, 2.75) is 27.7 Å². The van der Waals surface area contributed by atoms with Crippen LogP contribution in [0.5, 0.6) is 5.75 Å². The van der Waals surface area contributed by atoms with Gasteiger partial charge in [-0.15, -0.1) is 0 Å². The van der Waals surface area contributed by atoms with Crippen LogP contribution in [0.4, 0.5) is 5.69 Å². The molecule has 0 bridgehead atoms. The van der Waals surface area contributed by atoms with Gasteiger partial charge in [-0.3, -0.25) is 0 Å². The van der Waals surface area contributed by atoms with Crippen molar-refractivity contribution in [2.24, 2.45) is 0 Å². The Bertz CT molecular complexity index is 501. The van der Waals surface area contributed by atoms with Crippen molar-refractivity contribution in [2.75, 3.05) is 0 Å².